The normalized spacial score (nSPS) is 21.3. The van der Waals surface area contributed by atoms with Crippen molar-refractivity contribution >= 4 is 31.5 Å². The molecule has 0 saturated carbocycles. The van der Waals surface area contributed by atoms with Gasteiger partial charge in [0.2, 0.25) is 10.0 Å². The number of benzene rings is 1. The fraction of sp³-hybridized carbons (Fsp3) is 0.650. The summed E-state index contributed by atoms with van der Waals surface area (Å²) in [7, 11) is -3.94. The number of nitrogens with zero attached hydrogens (tertiary/aromatic N) is 3. The monoisotopic (exact) mass is 457 g/mol. The second kappa shape index (κ2) is 8.84. The third kappa shape index (κ3) is 4.65. The molecule has 1 atom stereocenters. The molecule has 1 aromatic rings. The van der Waals surface area contributed by atoms with Crippen molar-refractivity contribution in [3.8, 4) is 0 Å². The lowest BCUT2D eigenvalue weighted by atomic mass is 10.1. The summed E-state index contributed by atoms with van der Waals surface area (Å²) in [5.41, 5.74) is 1.05. The van der Waals surface area contributed by atoms with Crippen LogP contribution in [0, 0.1) is 0 Å². The molecular formula is C20H31N3O5S2. The Bertz CT molecular complexity index is 999. The Kier molecular flexibility index (Phi) is 6.78. The highest BCUT2D eigenvalue weighted by Gasteiger charge is 2.36. The van der Waals surface area contributed by atoms with Crippen LogP contribution in [0.1, 0.15) is 43.0 Å². The maximum atomic E-state index is 13.7. The number of carbonyl (C=O) groups is 1. The van der Waals surface area contributed by atoms with Crippen LogP contribution in [0.3, 0.4) is 0 Å². The van der Waals surface area contributed by atoms with Crippen molar-refractivity contribution in [3.05, 3.63) is 23.8 Å². The predicted molar refractivity (Wildman–Crippen MR) is 117 cm³/mol. The highest BCUT2D eigenvalue weighted by atomic mass is 32.2. The molecule has 0 spiro atoms. The molecule has 0 aliphatic carbocycles. The number of carbonyl (C=O) groups excluding carboxylic acids is 1. The predicted octanol–water partition coefficient (Wildman–Crippen LogP) is 1.58. The quantitative estimate of drug-likeness (QED) is 0.617. The molecule has 10 heteroatoms. The number of hydrogen-bond acceptors (Lipinski definition) is 6. The number of sulfonamides is 1. The van der Waals surface area contributed by atoms with Gasteiger partial charge in [0.1, 0.15) is 0 Å². The molecule has 2 heterocycles. The van der Waals surface area contributed by atoms with E-state index in [0.29, 0.717) is 24.9 Å². The number of sulfone groups is 1. The summed E-state index contributed by atoms with van der Waals surface area (Å²) in [5, 5.41) is 0. The topological polar surface area (TPSA) is 95.1 Å². The van der Waals surface area contributed by atoms with Crippen LogP contribution in [0.15, 0.2) is 23.1 Å². The van der Waals surface area contributed by atoms with Crippen LogP contribution in [0.2, 0.25) is 0 Å². The van der Waals surface area contributed by atoms with Gasteiger partial charge in [-0.2, -0.15) is 0 Å². The van der Waals surface area contributed by atoms with Crippen molar-refractivity contribution in [1.82, 2.24) is 9.21 Å². The second-order valence-corrected chi connectivity index (χ2v) is 12.6. The van der Waals surface area contributed by atoms with E-state index in [4.69, 9.17) is 0 Å². The molecule has 2 aliphatic heterocycles. The summed E-state index contributed by atoms with van der Waals surface area (Å²) in [6, 6.07) is 4.34. The van der Waals surface area contributed by atoms with Crippen molar-refractivity contribution in [1.29, 1.82) is 0 Å². The van der Waals surface area contributed by atoms with Crippen LogP contribution < -0.4 is 4.90 Å². The smallest absolute Gasteiger partial charge is 0.256 e. The third-order valence-corrected chi connectivity index (χ3v) is 9.36. The molecule has 1 unspecified atom stereocenters. The first kappa shape index (κ1) is 23.0. The highest BCUT2D eigenvalue weighted by molar-refractivity contribution is 7.91. The van der Waals surface area contributed by atoms with E-state index in [9.17, 15) is 21.6 Å². The second-order valence-electron chi connectivity index (χ2n) is 8.22. The molecule has 3 rings (SSSR count). The molecular weight excluding hydrogens is 426 g/mol. The average molecular weight is 458 g/mol. The summed E-state index contributed by atoms with van der Waals surface area (Å²) in [6.07, 6.45) is 3.15. The van der Waals surface area contributed by atoms with Gasteiger partial charge < -0.3 is 9.80 Å². The molecule has 30 heavy (non-hydrogen) atoms. The summed E-state index contributed by atoms with van der Waals surface area (Å²) in [4.78, 5) is 17.5. The third-order valence-electron chi connectivity index (χ3n) is 5.80. The SMILES string of the molecule is CCCN(C(=O)c1cc(S(=O)(=O)N(C)C)ccc1N1CCCC1)C1CCS(=O)(=O)C1. The van der Waals surface area contributed by atoms with Crippen molar-refractivity contribution in [2.24, 2.45) is 0 Å². The van der Waals surface area contributed by atoms with Gasteiger partial charge in [-0.25, -0.2) is 21.1 Å². The fourth-order valence-electron chi connectivity index (χ4n) is 4.16. The van der Waals surface area contributed by atoms with Gasteiger partial charge in [0.15, 0.2) is 9.84 Å². The molecule has 0 radical (unpaired) electrons. The summed E-state index contributed by atoms with van der Waals surface area (Å²) < 4.78 is 50.5. The van der Waals surface area contributed by atoms with E-state index >= 15 is 0 Å². The van der Waals surface area contributed by atoms with Crippen molar-refractivity contribution in [2.45, 2.75) is 43.5 Å². The molecule has 8 nitrogen and oxygen atoms in total. The number of hydrogen-bond donors (Lipinski definition) is 0. The minimum atomic E-state index is -3.70. The van der Waals surface area contributed by atoms with E-state index in [1.54, 1.807) is 17.0 Å². The van der Waals surface area contributed by atoms with Gasteiger partial charge in [-0.15, -0.1) is 0 Å². The zero-order valence-electron chi connectivity index (χ0n) is 17.9. The largest absolute Gasteiger partial charge is 0.371 e. The molecule has 0 N–H and O–H groups in total. The lowest BCUT2D eigenvalue weighted by Crippen LogP contribution is -2.42. The van der Waals surface area contributed by atoms with E-state index < -0.39 is 19.9 Å². The minimum absolute atomic E-state index is 0.0343. The molecule has 1 amide bonds. The standard InChI is InChI=1S/C20H31N3O5S2/c1-4-10-23(16-9-13-29(25,26)15-16)20(24)18-14-17(30(27,28)21(2)3)7-8-19(18)22-11-5-6-12-22/h7-8,14,16H,4-6,9-13,15H2,1-3H3. The molecule has 1 aromatic carbocycles. The Labute approximate surface area is 179 Å². The van der Waals surface area contributed by atoms with Crippen molar-refractivity contribution < 1.29 is 21.6 Å². The maximum Gasteiger partial charge on any atom is 0.256 e. The molecule has 0 aromatic heterocycles. The van der Waals surface area contributed by atoms with Crippen LogP contribution in [-0.2, 0) is 19.9 Å². The van der Waals surface area contributed by atoms with Gasteiger partial charge in [0.25, 0.3) is 5.91 Å². The van der Waals surface area contributed by atoms with Gasteiger partial charge in [0.05, 0.1) is 22.0 Å². The number of anilines is 1. The minimum Gasteiger partial charge on any atom is -0.371 e. The summed E-state index contributed by atoms with van der Waals surface area (Å²) in [6.45, 7) is 4.00. The summed E-state index contributed by atoms with van der Waals surface area (Å²) in [5.74, 6) is -0.246. The lowest BCUT2D eigenvalue weighted by Gasteiger charge is -2.30. The number of rotatable bonds is 7. The first-order valence-corrected chi connectivity index (χ1v) is 13.7. The van der Waals surface area contributed by atoms with Gasteiger partial charge in [0, 0.05) is 45.5 Å². The first-order valence-electron chi connectivity index (χ1n) is 10.4. The maximum absolute atomic E-state index is 13.7. The van der Waals surface area contributed by atoms with E-state index in [2.05, 4.69) is 4.90 Å². The van der Waals surface area contributed by atoms with Crippen molar-refractivity contribution in [2.75, 3.05) is 50.1 Å². The van der Waals surface area contributed by atoms with Gasteiger partial charge in [-0.3, -0.25) is 4.79 Å². The Balaban J connectivity index is 2.06. The van der Waals surface area contributed by atoms with Gasteiger partial charge in [-0.1, -0.05) is 6.92 Å². The molecule has 2 aliphatic rings. The Morgan fingerprint density at radius 1 is 1.20 bits per heavy atom. The van der Waals surface area contributed by atoms with Crippen LogP contribution in [0.25, 0.3) is 0 Å². The van der Waals surface area contributed by atoms with Gasteiger partial charge >= 0.3 is 0 Å². The first-order chi connectivity index (χ1) is 14.1. The van der Waals surface area contributed by atoms with E-state index in [1.807, 2.05) is 6.92 Å². The Morgan fingerprint density at radius 3 is 2.40 bits per heavy atom. The van der Waals surface area contributed by atoms with Crippen LogP contribution in [0.4, 0.5) is 5.69 Å². The van der Waals surface area contributed by atoms with Crippen molar-refractivity contribution in [3.63, 3.8) is 0 Å². The van der Waals surface area contributed by atoms with E-state index in [1.165, 1.54) is 20.2 Å². The zero-order chi connectivity index (χ0) is 22.1. The van der Waals surface area contributed by atoms with Crippen LogP contribution in [0.5, 0.6) is 0 Å². The highest BCUT2D eigenvalue weighted by Crippen LogP contribution is 2.31. The molecule has 2 fully saturated rings. The average Bonchev–Trinajstić information content (AvgIpc) is 3.34. The Hall–Kier alpha value is -1.65. The molecule has 2 saturated heterocycles. The van der Waals surface area contributed by atoms with E-state index in [0.717, 1.165) is 35.9 Å². The zero-order valence-corrected chi connectivity index (χ0v) is 19.5. The molecule has 168 valence electrons. The van der Waals surface area contributed by atoms with Crippen LogP contribution >= 0.6 is 0 Å². The molecule has 0 bridgehead atoms. The van der Waals surface area contributed by atoms with Crippen LogP contribution in [-0.4, -0.2) is 83.2 Å². The summed E-state index contributed by atoms with van der Waals surface area (Å²) >= 11 is 0. The fourth-order valence-corrected chi connectivity index (χ4v) is 6.82. The number of amides is 1. The lowest BCUT2D eigenvalue weighted by molar-refractivity contribution is 0.0697. The van der Waals surface area contributed by atoms with E-state index in [-0.39, 0.29) is 28.4 Å². The van der Waals surface area contributed by atoms with Gasteiger partial charge in [-0.05, 0) is 43.9 Å². The Morgan fingerprint density at radius 2 is 1.87 bits per heavy atom.